The number of benzene rings is 1. The molecule has 18 heavy (non-hydrogen) atoms. The van der Waals surface area contributed by atoms with E-state index in [0.717, 1.165) is 5.56 Å². The molecule has 1 saturated carbocycles. The SMILES string of the molecule is CC(C)(O)c1c(N)cc(Cl)c2c1ONC2C1CC1. The van der Waals surface area contributed by atoms with Crippen molar-refractivity contribution in [3.63, 3.8) is 0 Å². The van der Waals surface area contributed by atoms with Crippen molar-refractivity contribution in [2.75, 3.05) is 5.73 Å². The summed E-state index contributed by atoms with van der Waals surface area (Å²) in [6.45, 7) is 3.39. The Bertz CT molecular complexity index is 507. The minimum Gasteiger partial charge on any atom is -0.407 e. The summed E-state index contributed by atoms with van der Waals surface area (Å²) in [5.74, 6) is 1.17. The largest absolute Gasteiger partial charge is 0.407 e. The first-order valence-electron chi connectivity index (χ1n) is 6.16. The van der Waals surface area contributed by atoms with Gasteiger partial charge in [-0.05, 0) is 38.7 Å². The van der Waals surface area contributed by atoms with Crippen LogP contribution in [0.15, 0.2) is 6.07 Å². The summed E-state index contributed by atoms with van der Waals surface area (Å²) in [6.07, 6.45) is 2.36. The van der Waals surface area contributed by atoms with Crippen LogP contribution in [0.5, 0.6) is 5.75 Å². The molecule has 0 amide bonds. The molecule has 0 aromatic heterocycles. The molecular weight excluding hydrogens is 252 g/mol. The Morgan fingerprint density at radius 1 is 1.50 bits per heavy atom. The number of hydrogen-bond acceptors (Lipinski definition) is 4. The number of fused-ring (bicyclic) bond motifs is 1. The number of nitrogen functional groups attached to an aromatic ring is 1. The summed E-state index contributed by atoms with van der Waals surface area (Å²) in [6, 6.07) is 1.83. The Kier molecular flexibility index (Phi) is 2.52. The third kappa shape index (κ3) is 1.76. The number of rotatable bonds is 2. The summed E-state index contributed by atoms with van der Waals surface area (Å²) >= 11 is 6.28. The van der Waals surface area contributed by atoms with Crippen LogP contribution in [0.3, 0.4) is 0 Å². The molecule has 1 fully saturated rings. The van der Waals surface area contributed by atoms with E-state index >= 15 is 0 Å². The molecule has 2 aliphatic rings. The standard InChI is InChI=1S/C13H17ClN2O2/c1-13(2,17)10-8(15)5-7(14)9-11(6-3-4-6)16-18-12(9)10/h5-6,11,16-17H,3-4,15H2,1-2H3. The van der Waals surface area contributed by atoms with E-state index in [2.05, 4.69) is 5.48 Å². The third-order valence-corrected chi connectivity index (χ3v) is 3.92. The fraction of sp³-hybridized carbons (Fsp3) is 0.538. The Morgan fingerprint density at radius 2 is 2.17 bits per heavy atom. The highest BCUT2D eigenvalue weighted by Crippen LogP contribution is 2.52. The van der Waals surface area contributed by atoms with Crippen LogP contribution in [0.25, 0.3) is 0 Å². The molecule has 1 aromatic rings. The van der Waals surface area contributed by atoms with Crippen LogP contribution in [0.2, 0.25) is 5.02 Å². The zero-order valence-corrected chi connectivity index (χ0v) is 11.2. The Morgan fingerprint density at radius 3 is 2.72 bits per heavy atom. The number of nitrogens with one attached hydrogen (secondary N) is 1. The maximum Gasteiger partial charge on any atom is 0.161 e. The van der Waals surface area contributed by atoms with Crippen LogP contribution in [-0.2, 0) is 5.60 Å². The van der Waals surface area contributed by atoms with Gasteiger partial charge < -0.3 is 15.7 Å². The second-order valence-electron chi connectivity index (χ2n) is 5.66. The maximum atomic E-state index is 10.2. The van der Waals surface area contributed by atoms with Gasteiger partial charge in [0.15, 0.2) is 5.75 Å². The fourth-order valence-electron chi connectivity index (χ4n) is 2.63. The molecule has 1 aliphatic heterocycles. The highest BCUT2D eigenvalue weighted by molar-refractivity contribution is 6.32. The molecule has 0 bridgehead atoms. The highest BCUT2D eigenvalue weighted by Gasteiger charge is 2.42. The molecule has 4 N–H and O–H groups in total. The van der Waals surface area contributed by atoms with Gasteiger partial charge in [0, 0.05) is 11.3 Å². The van der Waals surface area contributed by atoms with Gasteiger partial charge in [-0.1, -0.05) is 11.6 Å². The quantitative estimate of drug-likeness (QED) is 0.721. The molecule has 1 aliphatic carbocycles. The second-order valence-corrected chi connectivity index (χ2v) is 6.07. The predicted molar refractivity (Wildman–Crippen MR) is 70.3 cm³/mol. The van der Waals surface area contributed by atoms with Gasteiger partial charge in [-0.3, -0.25) is 0 Å². The number of hydrogen-bond donors (Lipinski definition) is 3. The van der Waals surface area contributed by atoms with Crippen LogP contribution < -0.4 is 16.1 Å². The van der Waals surface area contributed by atoms with Crippen LogP contribution in [0.4, 0.5) is 5.69 Å². The molecule has 1 atom stereocenters. The van der Waals surface area contributed by atoms with Gasteiger partial charge in [0.25, 0.3) is 0 Å². The fourth-order valence-corrected chi connectivity index (χ4v) is 2.95. The minimum atomic E-state index is -1.06. The van der Waals surface area contributed by atoms with E-state index < -0.39 is 5.60 Å². The summed E-state index contributed by atoms with van der Waals surface area (Å²) in [7, 11) is 0. The van der Waals surface area contributed by atoms with Gasteiger partial charge in [-0.2, -0.15) is 0 Å². The van der Waals surface area contributed by atoms with Gasteiger partial charge in [0.1, 0.15) is 0 Å². The normalized spacial score (nSPS) is 22.8. The number of hydroxylamine groups is 1. The van der Waals surface area contributed by atoms with Gasteiger partial charge >= 0.3 is 0 Å². The number of aliphatic hydroxyl groups is 1. The average molecular weight is 269 g/mol. The van der Waals surface area contributed by atoms with Crippen LogP contribution in [0, 0.1) is 5.92 Å². The van der Waals surface area contributed by atoms with Crippen LogP contribution in [0.1, 0.15) is 43.9 Å². The zero-order chi connectivity index (χ0) is 13.1. The first-order chi connectivity index (χ1) is 8.39. The first-order valence-corrected chi connectivity index (χ1v) is 6.54. The van der Waals surface area contributed by atoms with Gasteiger partial charge in [0.05, 0.1) is 22.2 Å². The second kappa shape index (κ2) is 3.76. The van der Waals surface area contributed by atoms with E-state index in [1.165, 1.54) is 12.8 Å². The van der Waals surface area contributed by atoms with E-state index in [1.807, 2.05) is 0 Å². The Labute approximate surface area is 111 Å². The number of halogens is 1. The summed E-state index contributed by atoms with van der Waals surface area (Å²) in [4.78, 5) is 5.56. The third-order valence-electron chi connectivity index (χ3n) is 3.60. The lowest BCUT2D eigenvalue weighted by Crippen LogP contribution is -2.20. The molecule has 1 aromatic carbocycles. The average Bonchev–Trinajstić information content (AvgIpc) is 2.97. The maximum absolute atomic E-state index is 10.2. The molecule has 98 valence electrons. The van der Waals surface area contributed by atoms with Crippen molar-refractivity contribution in [3.8, 4) is 5.75 Å². The van der Waals surface area contributed by atoms with Crippen molar-refractivity contribution >= 4 is 17.3 Å². The first kappa shape index (κ1) is 12.1. The highest BCUT2D eigenvalue weighted by atomic mass is 35.5. The molecule has 0 saturated heterocycles. The van der Waals surface area contributed by atoms with E-state index in [-0.39, 0.29) is 6.04 Å². The number of nitrogens with two attached hydrogens (primary N) is 1. The predicted octanol–water partition coefficient (Wildman–Crippen LogP) is 2.50. The van der Waals surface area contributed by atoms with Crippen molar-refractivity contribution in [1.82, 2.24) is 5.48 Å². The monoisotopic (exact) mass is 268 g/mol. The van der Waals surface area contributed by atoms with Crippen LogP contribution >= 0.6 is 11.6 Å². The molecule has 1 heterocycles. The Balaban J connectivity index is 2.18. The summed E-state index contributed by atoms with van der Waals surface area (Å²) in [5, 5.41) is 10.8. The molecule has 3 rings (SSSR count). The number of anilines is 1. The van der Waals surface area contributed by atoms with E-state index in [4.69, 9.17) is 22.2 Å². The summed E-state index contributed by atoms with van der Waals surface area (Å²) in [5.41, 5.74) is 9.93. The molecule has 5 heteroatoms. The lowest BCUT2D eigenvalue weighted by atomic mass is 9.90. The van der Waals surface area contributed by atoms with E-state index in [1.54, 1.807) is 19.9 Å². The van der Waals surface area contributed by atoms with Crippen molar-refractivity contribution in [2.24, 2.45) is 5.92 Å². The van der Waals surface area contributed by atoms with Gasteiger partial charge in [-0.25, -0.2) is 0 Å². The van der Waals surface area contributed by atoms with Crippen LogP contribution in [-0.4, -0.2) is 5.11 Å². The Hall–Kier alpha value is -0.970. The van der Waals surface area contributed by atoms with Gasteiger partial charge in [0.2, 0.25) is 0 Å². The topological polar surface area (TPSA) is 67.5 Å². The van der Waals surface area contributed by atoms with Crippen molar-refractivity contribution in [2.45, 2.75) is 38.3 Å². The molecule has 0 spiro atoms. The lowest BCUT2D eigenvalue weighted by Gasteiger charge is -2.22. The molecular formula is C13H17ClN2O2. The molecule has 0 radical (unpaired) electrons. The van der Waals surface area contributed by atoms with Gasteiger partial charge in [-0.15, -0.1) is 5.48 Å². The molecule has 4 nitrogen and oxygen atoms in total. The zero-order valence-electron chi connectivity index (χ0n) is 10.5. The van der Waals surface area contributed by atoms with Crippen molar-refractivity contribution in [1.29, 1.82) is 0 Å². The smallest absolute Gasteiger partial charge is 0.161 e. The van der Waals surface area contributed by atoms with E-state index in [0.29, 0.717) is 27.9 Å². The summed E-state index contributed by atoms with van der Waals surface area (Å²) < 4.78 is 0. The molecule has 1 unspecified atom stereocenters. The van der Waals surface area contributed by atoms with Crippen molar-refractivity contribution in [3.05, 3.63) is 22.2 Å². The minimum absolute atomic E-state index is 0.120. The van der Waals surface area contributed by atoms with E-state index in [9.17, 15) is 5.11 Å². The van der Waals surface area contributed by atoms with Crippen molar-refractivity contribution < 1.29 is 9.94 Å². The lowest BCUT2D eigenvalue weighted by molar-refractivity contribution is 0.0732.